The van der Waals surface area contributed by atoms with Crippen LogP contribution in [0.2, 0.25) is 0 Å². The molecule has 1 aliphatic rings. The molecule has 3 aromatic carbocycles. The Kier molecular flexibility index (Phi) is 6.27. The Labute approximate surface area is 190 Å². The fourth-order valence-corrected chi connectivity index (χ4v) is 3.85. The van der Waals surface area contributed by atoms with E-state index in [0.717, 1.165) is 10.5 Å². The molecule has 1 unspecified atom stereocenters. The Balaban J connectivity index is 1.63. The molecule has 0 bridgehead atoms. The number of halogens is 1. The van der Waals surface area contributed by atoms with Gasteiger partial charge in [-0.3, -0.25) is 14.4 Å². The highest BCUT2D eigenvalue weighted by Crippen LogP contribution is 2.27. The third kappa shape index (κ3) is 4.80. The van der Waals surface area contributed by atoms with Crippen LogP contribution in [0, 0.1) is 17.1 Å². The Hall–Kier alpha value is -4.31. The monoisotopic (exact) mass is 441 g/mol. The number of benzene rings is 3. The van der Waals surface area contributed by atoms with Gasteiger partial charge in [0.05, 0.1) is 30.2 Å². The Morgan fingerprint density at radius 3 is 2.27 bits per heavy atom. The van der Waals surface area contributed by atoms with Crippen LogP contribution in [0.4, 0.5) is 10.1 Å². The Morgan fingerprint density at radius 1 is 0.970 bits per heavy atom. The maximum Gasteiger partial charge on any atom is 0.257 e. The molecule has 33 heavy (non-hydrogen) atoms. The van der Waals surface area contributed by atoms with Crippen LogP contribution in [0.5, 0.6) is 0 Å². The first-order valence-corrected chi connectivity index (χ1v) is 10.4. The van der Waals surface area contributed by atoms with Gasteiger partial charge in [0, 0.05) is 6.54 Å². The lowest BCUT2D eigenvalue weighted by molar-refractivity contribution is -0.138. The predicted molar refractivity (Wildman–Crippen MR) is 119 cm³/mol. The van der Waals surface area contributed by atoms with Gasteiger partial charge in [-0.05, 0) is 47.5 Å². The van der Waals surface area contributed by atoms with Crippen molar-refractivity contribution in [2.45, 2.75) is 25.4 Å². The number of nitriles is 1. The second kappa shape index (κ2) is 9.45. The van der Waals surface area contributed by atoms with E-state index >= 15 is 0 Å². The molecule has 0 N–H and O–H groups in total. The number of rotatable bonds is 6. The number of anilines is 1. The fraction of sp³-hybridized carbons (Fsp3) is 0.154. The Bertz CT molecular complexity index is 1220. The van der Waals surface area contributed by atoms with E-state index in [9.17, 15) is 18.8 Å². The average molecular weight is 441 g/mol. The summed E-state index contributed by atoms with van der Waals surface area (Å²) in [6.45, 7) is 0.0663. The van der Waals surface area contributed by atoms with Crippen LogP contribution in [0.25, 0.3) is 0 Å². The van der Waals surface area contributed by atoms with Gasteiger partial charge < -0.3 is 4.90 Å². The lowest BCUT2D eigenvalue weighted by Crippen LogP contribution is -2.45. The van der Waals surface area contributed by atoms with Crippen LogP contribution in [0.1, 0.15) is 23.1 Å². The Morgan fingerprint density at radius 2 is 1.64 bits per heavy atom. The van der Waals surface area contributed by atoms with Crippen molar-refractivity contribution in [3.05, 3.63) is 101 Å². The molecule has 7 heteroatoms. The molecule has 0 radical (unpaired) electrons. The van der Waals surface area contributed by atoms with Crippen molar-refractivity contribution in [2.24, 2.45) is 0 Å². The first-order chi connectivity index (χ1) is 16.0. The predicted octanol–water partition coefficient (Wildman–Crippen LogP) is 3.60. The molecule has 1 atom stereocenters. The summed E-state index contributed by atoms with van der Waals surface area (Å²) in [6, 6.07) is 22.0. The van der Waals surface area contributed by atoms with Crippen LogP contribution < -0.4 is 4.90 Å². The zero-order valence-corrected chi connectivity index (χ0v) is 17.6. The zero-order chi connectivity index (χ0) is 23.4. The van der Waals surface area contributed by atoms with E-state index in [2.05, 4.69) is 0 Å². The summed E-state index contributed by atoms with van der Waals surface area (Å²) in [5.41, 5.74) is 2.19. The third-order valence-electron chi connectivity index (χ3n) is 5.54. The molecule has 0 aliphatic carbocycles. The van der Waals surface area contributed by atoms with Crippen molar-refractivity contribution in [3.63, 3.8) is 0 Å². The van der Waals surface area contributed by atoms with Crippen molar-refractivity contribution < 1.29 is 18.8 Å². The van der Waals surface area contributed by atoms with Gasteiger partial charge in [-0.25, -0.2) is 9.29 Å². The van der Waals surface area contributed by atoms with E-state index in [1.165, 1.54) is 41.3 Å². The molecular weight excluding hydrogens is 421 g/mol. The lowest BCUT2D eigenvalue weighted by atomic mass is 10.1. The van der Waals surface area contributed by atoms with Gasteiger partial charge in [0.2, 0.25) is 11.8 Å². The molecule has 0 aromatic heterocycles. The summed E-state index contributed by atoms with van der Waals surface area (Å²) in [5.74, 6) is -1.64. The van der Waals surface area contributed by atoms with Crippen LogP contribution >= 0.6 is 0 Å². The highest BCUT2D eigenvalue weighted by atomic mass is 19.1. The summed E-state index contributed by atoms with van der Waals surface area (Å²) in [7, 11) is 0. The number of hydrogen-bond donors (Lipinski definition) is 0. The van der Waals surface area contributed by atoms with Gasteiger partial charge in [0.25, 0.3) is 5.91 Å². The van der Waals surface area contributed by atoms with Gasteiger partial charge >= 0.3 is 0 Å². The topological polar surface area (TPSA) is 81.5 Å². The van der Waals surface area contributed by atoms with E-state index in [1.54, 1.807) is 12.1 Å². The minimum atomic E-state index is -0.977. The molecule has 1 heterocycles. The number of hydrogen-bond acceptors (Lipinski definition) is 4. The molecule has 1 fully saturated rings. The summed E-state index contributed by atoms with van der Waals surface area (Å²) >= 11 is 0. The first-order valence-electron chi connectivity index (χ1n) is 10.4. The van der Waals surface area contributed by atoms with Gasteiger partial charge in [-0.1, -0.05) is 42.5 Å². The number of amides is 3. The number of carbonyl (C=O) groups excluding carboxylic acids is 3. The van der Waals surface area contributed by atoms with Crippen LogP contribution in [-0.4, -0.2) is 28.7 Å². The van der Waals surface area contributed by atoms with Crippen molar-refractivity contribution >= 4 is 23.4 Å². The molecule has 1 aliphatic heterocycles. The summed E-state index contributed by atoms with van der Waals surface area (Å²) in [4.78, 5) is 41.8. The van der Waals surface area contributed by atoms with Gasteiger partial charge in [0.15, 0.2) is 0 Å². The van der Waals surface area contributed by atoms with Gasteiger partial charge in [-0.2, -0.15) is 5.26 Å². The van der Waals surface area contributed by atoms with E-state index in [0.29, 0.717) is 16.8 Å². The molecular formula is C26H20FN3O3. The normalized spacial score (nSPS) is 15.4. The molecule has 0 spiro atoms. The fourth-order valence-electron chi connectivity index (χ4n) is 3.85. The second-order valence-corrected chi connectivity index (χ2v) is 7.76. The minimum Gasteiger partial charge on any atom is -0.325 e. The molecule has 1 saturated heterocycles. The van der Waals surface area contributed by atoms with E-state index in [4.69, 9.17) is 5.26 Å². The number of nitrogens with zero attached hydrogens (tertiary/aromatic N) is 3. The van der Waals surface area contributed by atoms with Gasteiger partial charge in [-0.15, -0.1) is 0 Å². The highest BCUT2D eigenvalue weighted by molar-refractivity contribution is 6.23. The average Bonchev–Trinajstić information content (AvgIpc) is 3.12. The van der Waals surface area contributed by atoms with E-state index in [1.807, 2.05) is 36.4 Å². The SMILES string of the molecule is N#Cc1ccc(N2C(=O)CC(N(Cc3ccc(F)cc3)C(=O)Cc3ccccc3)C2=O)cc1. The third-order valence-corrected chi connectivity index (χ3v) is 5.54. The molecule has 3 aromatic rings. The van der Waals surface area contributed by atoms with Crippen molar-refractivity contribution in [2.75, 3.05) is 4.90 Å². The summed E-state index contributed by atoms with van der Waals surface area (Å²) < 4.78 is 13.4. The molecule has 3 amide bonds. The lowest BCUT2D eigenvalue weighted by Gasteiger charge is -2.28. The maximum absolute atomic E-state index is 13.4. The standard InChI is InChI=1S/C26H20FN3O3/c27-21-10-6-20(7-11-21)17-29(24(31)14-18-4-2-1-3-5-18)23-15-25(32)30(26(23)33)22-12-8-19(16-28)9-13-22/h1-13,23H,14-15,17H2. The minimum absolute atomic E-state index is 0.0663. The molecule has 0 saturated carbocycles. The molecule has 164 valence electrons. The van der Waals surface area contributed by atoms with E-state index < -0.39 is 23.7 Å². The zero-order valence-electron chi connectivity index (χ0n) is 17.6. The van der Waals surface area contributed by atoms with Crippen LogP contribution in [-0.2, 0) is 27.3 Å². The first kappa shape index (κ1) is 21.9. The number of imide groups is 1. The van der Waals surface area contributed by atoms with Crippen molar-refractivity contribution in [3.8, 4) is 6.07 Å². The van der Waals surface area contributed by atoms with Gasteiger partial charge in [0.1, 0.15) is 11.9 Å². The second-order valence-electron chi connectivity index (χ2n) is 7.76. The quantitative estimate of drug-likeness (QED) is 0.548. The largest absolute Gasteiger partial charge is 0.325 e. The summed E-state index contributed by atoms with van der Waals surface area (Å²) in [5, 5.41) is 8.99. The number of carbonyl (C=O) groups is 3. The van der Waals surface area contributed by atoms with Crippen molar-refractivity contribution in [1.82, 2.24) is 4.90 Å². The van der Waals surface area contributed by atoms with Crippen molar-refractivity contribution in [1.29, 1.82) is 5.26 Å². The molecule has 4 rings (SSSR count). The maximum atomic E-state index is 13.4. The summed E-state index contributed by atoms with van der Waals surface area (Å²) in [6.07, 6.45) is -0.0859. The highest BCUT2D eigenvalue weighted by Gasteiger charge is 2.44. The van der Waals surface area contributed by atoms with E-state index in [-0.39, 0.29) is 25.3 Å². The smallest absolute Gasteiger partial charge is 0.257 e. The van der Waals surface area contributed by atoms with Crippen LogP contribution in [0.3, 0.4) is 0 Å². The molecule has 6 nitrogen and oxygen atoms in total. The van der Waals surface area contributed by atoms with Crippen LogP contribution in [0.15, 0.2) is 78.9 Å².